The third-order valence-electron chi connectivity index (χ3n) is 2.95. The van der Waals surface area contributed by atoms with Crippen molar-refractivity contribution in [3.8, 4) is 6.07 Å². The molecule has 0 bridgehead atoms. The number of nitriles is 1. The van der Waals surface area contributed by atoms with Crippen molar-refractivity contribution >= 4 is 0 Å². The summed E-state index contributed by atoms with van der Waals surface area (Å²) in [4.78, 5) is 0. The monoisotopic (exact) mass is 227 g/mol. The summed E-state index contributed by atoms with van der Waals surface area (Å²) in [6.07, 6.45) is 8.93. The second kappa shape index (κ2) is 5.45. The smallest absolute Gasteiger partial charge is 0.127 e. The standard InChI is InChI=1S/C15H14FN/c16-15-9-5-4-8-14(15)13(11-17)10-12-6-2-1-3-7-12/h2,4-9,13H,1,3,10H2. The molecule has 0 saturated carbocycles. The molecule has 0 spiro atoms. The van der Waals surface area contributed by atoms with Gasteiger partial charge in [0.25, 0.3) is 0 Å². The topological polar surface area (TPSA) is 23.8 Å². The number of allylic oxidation sites excluding steroid dienone is 4. The first-order valence-electron chi connectivity index (χ1n) is 5.81. The van der Waals surface area contributed by atoms with Crippen molar-refractivity contribution in [2.45, 2.75) is 25.2 Å². The lowest BCUT2D eigenvalue weighted by molar-refractivity contribution is 0.600. The summed E-state index contributed by atoms with van der Waals surface area (Å²) >= 11 is 0. The molecule has 2 heteroatoms. The van der Waals surface area contributed by atoms with Gasteiger partial charge in [0.2, 0.25) is 0 Å². The van der Waals surface area contributed by atoms with E-state index >= 15 is 0 Å². The van der Waals surface area contributed by atoms with E-state index in [2.05, 4.69) is 18.2 Å². The molecule has 0 amide bonds. The second-order valence-electron chi connectivity index (χ2n) is 4.17. The van der Waals surface area contributed by atoms with E-state index in [9.17, 15) is 4.39 Å². The van der Waals surface area contributed by atoms with E-state index in [0.717, 1.165) is 18.4 Å². The van der Waals surface area contributed by atoms with Crippen LogP contribution in [0.1, 0.15) is 30.7 Å². The Morgan fingerprint density at radius 3 is 2.76 bits per heavy atom. The third-order valence-corrected chi connectivity index (χ3v) is 2.95. The molecular formula is C15H14FN. The Morgan fingerprint density at radius 1 is 1.29 bits per heavy atom. The molecule has 1 nitrogen and oxygen atoms in total. The van der Waals surface area contributed by atoms with Gasteiger partial charge in [-0.3, -0.25) is 0 Å². The highest BCUT2D eigenvalue weighted by Crippen LogP contribution is 2.27. The zero-order valence-corrected chi connectivity index (χ0v) is 9.57. The van der Waals surface area contributed by atoms with Crippen LogP contribution < -0.4 is 0 Å². The molecule has 0 aliphatic heterocycles. The highest BCUT2D eigenvalue weighted by Gasteiger charge is 2.16. The Labute approximate surface area is 101 Å². The first kappa shape index (κ1) is 11.6. The molecule has 17 heavy (non-hydrogen) atoms. The Kier molecular flexibility index (Phi) is 3.72. The Balaban J connectivity index is 2.18. The first-order chi connectivity index (χ1) is 8.31. The quantitative estimate of drug-likeness (QED) is 0.762. The molecule has 0 saturated heterocycles. The Bertz CT molecular complexity index is 494. The first-order valence-corrected chi connectivity index (χ1v) is 5.81. The van der Waals surface area contributed by atoms with Gasteiger partial charge in [-0.1, -0.05) is 42.0 Å². The molecule has 0 radical (unpaired) electrons. The molecule has 86 valence electrons. The van der Waals surface area contributed by atoms with E-state index in [4.69, 9.17) is 5.26 Å². The van der Waals surface area contributed by atoms with E-state index in [-0.39, 0.29) is 5.82 Å². The van der Waals surface area contributed by atoms with E-state index in [1.54, 1.807) is 18.2 Å². The van der Waals surface area contributed by atoms with Crippen molar-refractivity contribution < 1.29 is 4.39 Å². The molecule has 1 aliphatic carbocycles. The SMILES string of the molecule is N#CC(CC1=CCCC=C1)c1ccccc1F. The highest BCUT2D eigenvalue weighted by atomic mass is 19.1. The highest BCUT2D eigenvalue weighted by molar-refractivity contribution is 5.32. The zero-order chi connectivity index (χ0) is 12.1. The summed E-state index contributed by atoms with van der Waals surface area (Å²) in [5.41, 5.74) is 1.63. The van der Waals surface area contributed by atoms with Crippen LogP contribution in [0.4, 0.5) is 4.39 Å². The average Bonchev–Trinajstić information content (AvgIpc) is 2.38. The van der Waals surface area contributed by atoms with Crippen LogP contribution in [0.3, 0.4) is 0 Å². The maximum Gasteiger partial charge on any atom is 0.127 e. The molecule has 1 aliphatic rings. The predicted molar refractivity (Wildman–Crippen MR) is 65.8 cm³/mol. The summed E-state index contributed by atoms with van der Waals surface area (Å²) in [5.74, 6) is -0.690. The van der Waals surface area contributed by atoms with Crippen LogP contribution in [0, 0.1) is 17.1 Å². The van der Waals surface area contributed by atoms with Gasteiger partial charge in [-0.05, 0) is 25.3 Å². The van der Waals surface area contributed by atoms with Gasteiger partial charge in [-0.2, -0.15) is 5.26 Å². The van der Waals surface area contributed by atoms with E-state index < -0.39 is 5.92 Å². The van der Waals surface area contributed by atoms with Crippen LogP contribution in [-0.2, 0) is 0 Å². The van der Waals surface area contributed by atoms with E-state index in [1.807, 2.05) is 6.08 Å². The van der Waals surface area contributed by atoms with Crippen LogP contribution in [0.25, 0.3) is 0 Å². The van der Waals surface area contributed by atoms with Gasteiger partial charge in [0.05, 0.1) is 12.0 Å². The fourth-order valence-corrected chi connectivity index (χ4v) is 2.04. The second-order valence-corrected chi connectivity index (χ2v) is 4.17. The number of benzene rings is 1. The number of rotatable bonds is 3. The van der Waals surface area contributed by atoms with Crippen LogP contribution in [-0.4, -0.2) is 0 Å². The maximum absolute atomic E-state index is 13.6. The van der Waals surface area contributed by atoms with E-state index in [0.29, 0.717) is 12.0 Å². The molecule has 1 aromatic rings. The number of hydrogen-bond donors (Lipinski definition) is 0. The van der Waals surface area contributed by atoms with Crippen LogP contribution in [0.15, 0.2) is 48.1 Å². The molecule has 2 rings (SSSR count). The summed E-state index contributed by atoms with van der Waals surface area (Å²) in [7, 11) is 0. The molecule has 1 aromatic carbocycles. The normalized spacial score (nSPS) is 16.1. The number of hydrogen-bond acceptors (Lipinski definition) is 1. The average molecular weight is 227 g/mol. The van der Waals surface area contributed by atoms with Crippen molar-refractivity contribution in [1.29, 1.82) is 5.26 Å². The Hall–Kier alpha value is -1.88. The summed E-state index contributed by atoms with van der Waals surface area (Å²) < 4.78 is 13.6. The van der Waals surface area contributed by atoms with Crippen molar-refractivity contribution in [3.05, 3.63) is 59.4 Å². The molecule has 1 atom stereocenters. The number of halogens is 1. The predicted octanol–water partition coefficient (Wildman–Crippen LogP) is 4.10. The van der Waals surface area contributed by atoms with Crippen molar-refractivity contribution in [3.63, 3.8) is 0 Å². The Morgan fingerprint density at radius 2 is 2.12 bits per heavy atom. The fourth-order valence-electron chi connectivity index (χ4n) is 2.04. The van der Waals surface area contributed by atoms with Crippen molar-refractivity contribution in [2.24, 2.45) is 0 Å². The minimum absolute atomic E-state index is 0.292. The molecule has 1 unspecified atom stereocenters. The van der Waals surface area contributed by atoms with Crippen LogP contribution in [0.2, 0.25) is 0 Å². The lowest BCUT2D eigenvalue weighted by Gasteiger charge is -2.13. The van der Waals surface area contributed by atoms with E-state index in [1.165, 1.54) is 6.07 Å². The minimum Gasteiger partial charge on any atom is -0.207 e. The van der Waals surface area contributed by atoms with Crippen molar-refractivity contribution in [2.75, 3.05) is 0 Å². The zero-order valence-electron chi connectivity index (χ0n) is 9.57. The van der Waals surface area contributed by atoms with Gasteiger partial charge in [0.15, 0.2) is 0 Å². The molecule has 0 aromatic heterocycles. The molecule has 0 heterocycles. The lowest BCUT2D eigenvalue weighted by atomic mass is 9.91. The van der Waals surface area contributed by atoms with Crippen LogP contribution in [0.5, 0.6) is 0 Å². The summed E-state index contributed by atoms with van der Waals surface area (Å²) in [6, 6.07) is 8.71. The lowest BCUT2D eigenvalue weighted by Crippen LogP contribution is -2.01. The maximum atomic E-state index is 13.6. The van der Waals surface area contributed by atoms with Gasteiger partial charge >= 0.3 is 0 Å². The van der Waals surface area contributed by atoms with Gasteiger partial charge in [-0.25, -0.2) is 4.39 Å². The largest absolute Gasteiger partial charge is 0.207 e. The van der Waals surface area contributed by atoms with Gasteiger partial charge in [0, 0.05) is 5.56 Å². The molecular weight excluding hydrogens is 213 g/mol. The minimum atomic E-state index is -0.398. The summed E-state index contributed by atoms with van der Waals surface area (Å²) in [6.45, 7) is 0. The van der Waals surface area contributed by atoms with Gasteiger partial charge in [-0.15, -0.1) is 0 Å². The third kappa shape index (κ3) is 2.82. The van der Waals surface area contributed by atoms with Crippen LogP contribution >= 0.6 is 0 Å². The molecule has 0 fully saturated rings. The van der Waals surface area contributed by atoms with Gasteiger partial charge < -0.3 is 0 Å². The van der Waals surface area contributed by atoms with Gasteiger partial charge in [0.1, 0.15) is 5.82 Å². The molecule has 0 N–H and O–H groups in total. The number of nitrogens with zero attached hydrogens (tertiary/aromatic N) is 1. The van der Waals surface area contributed by atoms with Crippen molar-refractivity contribution in [1.82, 2.24) is 0 Å². The fraction of sp³-hybridized carbons (Fsp3) is 0.267. The summed E-state index contributed by atoms with van der Waals surface area (Å²) in [5, 5.41) is 9.17.